The molecule has 12 aromatic rings. The molecule has 0 radical (unpaired) electrons. The molecule has 0 aliphatic heterocycles. The Balaban J connectivity index is 0.904. The highest BCUT2D eigenvalue weighted by molar-refractivity contribution is 6.25. The van der Waals surface area contributed by atoms with Gasteiger partial charge in [-0.2, -0.15) is 0 Å². The van der Waals surface area contributed by atoms with E-state index >= 15 is 0 Å². The van der Waals surface area contributed by atoms with Gasteiger partial charge < -0.3 is 4.40 Å². The summed E-state index contributed by atoms with van der Waals surface area (Å²) in [6.45, 7) is 2.18. The molecule has 62 heavy (non-hydrogen) atoms. The van der Waals surface area contributed by atoms with Gasteiger partial charge in [0.1, 0.15) is 0 Å². The number of fused-ring (bicyclic) bond motifs is 6. The minimum absolute atomic E-state index is 0.702. The van der Waals surface area contributed by atoms with Gasteiger partial charge in [0.2, 0.25) is 0 Å². The number of aromatic nitrogens is 3. The molecule has 12 rings (SSSR count). The fourth-order valence-electron chi connectivity index (χ4n) is 9.41. The van der Waals surface area contributed by atoms with Crippen LogP contribution in [0.25, 0.3) is 117 Å². The number of hydrogen-bond acceptors (Lipinski definition) is 2. The second-order valence-corrected chi connectivity index (χ2v) is 16.3. The molecule has 0 amide bonds. The fourth-order valence-corrected chi connectivity index (χ4v) is 9.41. The Labute approximate surface area is 360 Å². The Hall–Kier alpha value is -8.14. The molecular formula is C59H39N3. The van der Waals surface area contributed by atoms with Crippen LogP contribution in [0.4, 0.5) is 0 Å². The molecule has 0 N–H and O–H groups in total. The Morgan fingerprint density at radius 1 is 0.306 bits per heavy atom. The zero-order chi connectivity index (χ0) is 41.1. The molecule has 0 atom stereocenters. The van der Waals surface area contributed by atoms with Crippen LogP contribution in [0, 0.1) is 6.92 Å². The van der Waals surface area contributed by atoms with E-state index in [1.165, 1.54) is 71.5 Å². The third-order valence-electron chi connectivity index (χ3n) is 12.4. The summed E-state index contributed by atoms with van der Waals surface area (Å²) in [4.78, 5) is 10.2. The summed E-state index contributed by atoms with van der Waals surface area (Å²) in [5, 5.41) is 5.20. The number of para-hydroxylation sites is 2. The van der Waals surface area contributed by atoms with E-state index in [2.05, 4.69) is 218 Å². The molecular weight excluding hydrogens is 751 g/mol. The summed E-state index contributed by atoms with van der Waals surface area (Å²) >= 11 is 0. The zero-order valence-electron chi connectivity index (χ0n) is 34.1. The largest absolute Gasteiger partial charge is 0.307 e. The summed E-state index contributed by atoms with van der Waals surface area (Å²) in [7, 11) is 0. The molecule has 0 unspecified atom stereocenters. The lowest BCUT2D eigenvalue weighted by molar-refractivity contribution is 1.18. The second kappa shape index (κ2) is 14.5. The van der Waals surface area contributed by atoms with Crippen LogP contribution in [0.15, 0.2) is 218 Å². The lowest BCUT2D eigenvalue weighted by atomic mass is 9.94. The maximum Gasteiger partial charge on any atom is 0.160 e. The predicted molar refractivity (Wildman–Crippen MR) is 259 cm³/mol. The van der Waals surface area contributed by atoms with E-state index in [1.807, 2.05) is 12.1 Å². The molecule has 0 fully saturated rings. The van der Waals surface area contributed by atoms with Crippen LogP contribution in [-0.4, -0.2) is 14.4 Å². The highest BCUT2D eigenvalue weighted by Crippen LogP contribution is 2.43. The Bertz CT molecular complexity index is 3580. The zero-order valence-corrected chi connectivity index (χ0v) is 34.1. The SMILES string of the molecule is Cc1ccc2c3cccc4c5cccc(-c6cccc(-c7cccc(-c8cccc(-c9cccc(-c%10nc(-c%11ccccc%11)cc(-c%11ccccc%11)n%10)c9)c8)c7)c6)c5n(c2c1)c34. The van der Waals surface area contributed by atoms with Gasteiger partial charge in [0.15, 0.2) is 5.82 Å². The molecule has 290 valence electrons. The number of nitrogens with zero attached hydrogens (tertiary/aromatic N) is 3. The van der Waals surface area contributed by atoms with Gasteiger partial charge in [0, 0.05) is 43.8 Å². The van der Waals surface area contributed by atoms with Gasteiger partial charge in [0.25, 0.3) is 0 Å². The molecule has 0 bridgehead atoms. The minimum Gasteiger partial charge on any atom is -0.307 e. The van der Waals surface area contributed by atoms with Gasteiger partial charge in [0.05, 0.1) is 27.9 Å². The van der Waals surface area contributed by atoms with Crippen LogP contribution in [-0.2, 0) is 0 Å². The molecule has 0 aliphatic rings. The van der Waals surface area contributed by atoms with E-state index in [9.17, 15) is 0 Å². The van der Waals surface area contributed by atoms with Crippen molar-refractivity contribution in [3.05, 3.63) is 224 Å². The molecule has 0 spiro atoms. The molecule has 3 aromatic heterocycles. The number of benzene rings is 9. The van der Waals surface area contributed by atoms with Crippen molar-refractivity contribution in [2.75, 3.05) is 0 Å². The molecule has 0 aliphatic carbocycles. The van der Waals surface area contributed by atoms with Crippen LogP contribution in [0.3, 0.4) is 0 Å². The van der Waals surface area contributed by atoms with E-state index in [0.717, 1.165) is 44.8 Å². The quantitative estimate of drug-likeness (QED) is 0.161. The average Bonchev–Trinajstić information content (AvgIpc) is 3.87. The monoisotopic (exact) mass is 789 g/mol. The van der Waals surface area contributed by atoms with Crippen LogP contribution < -0.4 is 0 Å². The van der Waals surface area contributed by atoms with Crippen LogP contribution in [0.5, 0.6) is 0 Å². The predicted octanol–water partition coefficient (Wildman–Crippen LogP) is 15.6. The first-order valence-corrected chi connectivity index (χ1v) is 21.2. The molecule has 3 heteroatoms. The van der Waals surface area contributed by atoms with Gasteiger partial charge >= 0.3 is 0 Å². The molecule has 9 aromatic carbocycles. The Kier molecular flexibility index (Phi) is 8.39. The topological polar surface area (TPSA) is 30.2 Å². The van der Waals surface area contributed by atoms with Crippen LogP contribution in [0.2, 0.25) is 0 Å². The van der Waals surface area contributed by atoms with Gasteiger partial charge in [-0.3, -0.25) is 0 Å². The highest BCUT2D eigenvalue weighted by Gasteiger charge is 2.20. The van der Waals surface area contributed by atoms with E-state index in [1.54, 1.807) is 0 Å². The van der Waals surface area contributed by atoms with Crippen molar-refractivity contribution < 1.29 is 0 Å². The van der Waals surface area contributed by atoms with Crippen molar-refractivity contribution in [2.45, 2.75) is 6.92 Å². The Morgan fingerprint density at radius 2 is 0.726 bits per heavy atom. The van der Waals surface area contributed by atoms with Crippen molar-refractivity contribution >= 4 is 38.1 Å². The van der Waals surface area contributed by atoms with Crippen LogP contribution in [0.1, 0.15) is 5.56 Å². The van der Waals surface area contributed by atoms with Gasteiger partial charge in [-0.25, -0.2) is 9.97 Å². The number of aryl methyl sites for hydroxylation is 1. The average molecular weight is 790 g/mol. The first-order chi connectivity index (χ1) is 30.6. The summed E-state index contributed by atoms with van der Waals surface area (Å²) in [6, 6.07) is 78.5. The molecule has 3 heterocycles. The normalized spacial score (nSPS) is 11.6. The number of rotatable bonds is 7. The van der Waals surface area contributed by atoms with E-state index in [0.29, 0.717) is 5.82 Å². The fraction of sp³-hybridized carbons (Fsp3) is 0.0169. The maximum absolute atomic E-state index is 5.10. The molecule has 3 nitrogen and oxygen atoms in total. The maximum atomic E-state index is 5.10. The van der Waals surface area contributed by atoms with Crippen molar-refractivity contribution in [1.29, 1.82) is 0 Å². The summed E-state index contributed by atoms with van der Waals surface area (Å²) in [5.74, 6) is 0.702. The highest BCUT2D eigenvalue weighted by atomic mass is 14.9. The number of hydrogen-bond donors (Lipinski definition) is 0. The standard InChI is InChI=1S/C59H39N3/c1-38-30-31-50-51-27-13-29-53-52-28-12-26-49(57(52)62(58(51)53)56(50)32-38)47-24-10-22-45(35-47)43-20-8-18-41(33-43)42-19-9-21-44(34-42)46-23-11-25-48(36-46)59-60-54(39-14-4-2-5-15-39)37-55(61-59)40-16-6-3-7-17-40/h2-37H,1H3. The summed E-state index contributed by atoms with van der Waals surface area (Å²) < 4.78 is 2.50. The van der Waals surface area contributed by atoms with E-state index in [4.69, 9.17) is 9.97 Å². The minimum atomic E-state index is 0.702. The third-order valence-corrected chi connectivity index (χ3v) is 12.4. The van der Waals surface area contributed by atoms with Crippen molar-refractivity contribution in [2.24, 2.45) is 0 Å². The van der Waals surface area contributed by atoms with Crippen molar-refractivity contribution in [3.8, 4) is 78.4 Å². The van der Waals surface area contributed by atoms with E-state index < -0.39 is 0 Å². The first kappa shape index (κ1) is 35.8. The van der Waals surface area contributed by atoms with Gasteiger partial charge in [-0.1, -0.05) is 182 Å². The first-order valence-electron chi connectivity index (χ1n) is 21.2. The van der Waals surface area contributed by atoms with Crippen molar-refractivity contribution in [3.63, 3.8) is 0 Å². The summed E-state index contributed by atoms with van der Waals surface area (Å²) in [5.41, 5.74) is 19.4. The smallest absolute Gasteiger partial charge is 0.160 e. The summed E-state index contributed by atoms with van der Waals surface area (Å²) in [6.07, 6.45) is 0. The third kappa shape index (κ3) is 6.05. The van der Waals surface area contributed by atoms with E-state index in [-0.39, 0.29) is 0 Å². The van der Waals surface area contributed by atoms with Crippen molar-refractivity contribution in [1.82, 2.24) is 14.4 Å². The molecule has 0 saturated carbocycles. The second-order valence-electron chi connectivity index (χ2n) is 16.3. The van der Waals surface area contributed by atoms with Crippen LogP contribution >= 0.6 is 0 Å². The van der Waals surface area contributed by atoms with Gasteiger partial charge in [-0.05, 0) is 87.8 Å². The Morgan fingerprint density at radius 3 is 1.29 bits per heavy atom. The lowest BCUT2D eigenvalue weighted by Gasteiger charge is -2.12. The van der Waals surface area contributed by atoms with Gasteiger partial charge in [-0.15, -0.1) is 0 Å². The molecule has 0 saturated heterocycles. The lowest BCUT2D eigenvalue weighted by Crippen LogP contribution is -1.96.